The van der Waals surface area contributed by atoms with Gasteiger partial charge in [0.2, 0.25) is 27.6 Å². The lowest BCUT2D eigenvalue weighted by molar-refractivity contribution is 0.324. The Morgan fingerprint density at radius 1 is 0.889 bits per heavy atom. The summed E-state index contributed by atoms with van der Waals surface area (Å²) >= 11 is 0. The number of methoxy groups -OCH3 is 3. The summed E-state index contributed by atoms with van der Waals surface area (Å²) in [7, 11) is 0.660. The van der Waals surface area contributed by atoms with Crippen LogP contribution < -0.4 is 19.3 Å². The normalized spacial score (nSPS) is 11.3. The Kier molecular flexibility index (Phi) is 5.02. The fourth-order valence-corrected chi connectivity index (χ4v) is 3.03. The van der Waals surface area contributed by atoms with E-state index in [9.17, 15) is 8.42 Å². The van der Waals surface area contributed by atoms with Gasteiger partial charge < -0.3 is 18.6 Å². The summed E-state index contributed by atoms with van der Waals surface area (Å²) in [6, 6.07) is 9.26. The number of primary sulfonamides is 1. The van der Waals surface area contributed by atoms with Gasteiger partial charge in [-0.15, -0.1) is 10.2 Å². The maximum atomic E-state index is 11.5. The van der Waals surface area contributed by atoms with E-state index in [4.69, 9.17) is 23.8 Å². The first-order valence-corrected chi connectivity index (χ1v) is 9.19. The smallest absolute Gasteiger partial charge is 0.248 e. The van der Waals surface area contributed by atoms with E-state index in [0.717, 1.165) is 0 Å². The molecule has 0 aliphatic carbocycles. The standard InChI is InChI=1S/C17H17N3O6S/c1-23-13-8-11(9-14(24-2)15(13)25-3)17-20-19-16(26-17)10-5-4-6-12(7-10)27(18,21)22/h4-9H,1-3H3,(H2,18,21,22). The van der Waals surface area contributed by atoms with Crippen molar-refractivity contribution < 1.29 is 27.0 Å². The van der Waals surface area contributed by atoms with Gasteiger partial charge in [0.15, 0.2) is 11.5 Å². The van der Waals surface area contributed by atoms with Gasteiger partial charge in [-0.25, -0.2) is 13.6 Å². The zero-order valence-corrected chi connectivity index (χ0v) is 15.6. The molecule has 27 heavy (non-hydrogen) atoms. The second kappa shape index (κ2) is 7.25. The van der Waals surface area contributed by atoms with E-state index >= 15 is 0 Å². The molecule has 1 aromatic heterocycles. The van der Waals surface area contributed by atoms with Gasteiger partial charge >= 0.3 is 0 Å². The Labute approximate surface area is 155 Å². The Balaban J connectivity index is 2.04. The third-order valence-electron chi connectivity index (χ3n) is 3.75. The summed E-state index contributed by atoms with van der Waals surface area (Å²) in [6.45, 7) is 0. The molecule has 1 heterocycles. The molecule has 0 saturated carbocycles. The zero-order chi connectivity index (χ0) is 19.6. The molecule has 0 atom stereocenters. The van der Waals surface area contributed by atoms with Crippen LogP contribution in [-0.4, -0.2) is 39.9 Å². The van der Waals surface area contributed by atoms with Gasteiger partial charge in [0.25, 0.3) is 0 Å². The van der Waals surface area contributed by atoms with Gasteiger partial charge in [-0.3, -0.25) is 0 Å². The average Bonchev–Trinajstić information content (AvgIpc) is 3.16. The number of nitrogens with two attached hydrogens (primary N) is 1. The fraction of sp³-hybridized carbons (Fsp3) is 0.176. The molecule has 0 aliphatic rings. The third-order valence-corrected chi connectivity index (χ3v) is 4.66. The van der Waals surface area contributed by atoms with Crippen LogP contribution in [0.3, 0.4) is 0 Å². The predicted molar refractivity (Wildman–Crippen MR) is 96.2 cm³/mol. The Bertz CT molecular complexity index is 1050. The average molecular weight is 391 g/mol. The molecule has 9 nitrogen and oxygen atoms in total. The molecular weight excluding hydrogens is 374 g/mol. The summed E-state index contributed by atoms with van der Waals surface area (Å²) in [5.41, 5.74) is 0.971. The van der Waals surface area contributed by atoms with Gasteiger partial charge in [0.05, 0.1) is 26.2 Å². The van der Waals surface area contributed by atoms with Crippen molar-refractivity contribution >= 4 is 10.0 Å². The van der Waals surface area contributed by atoms with Crippen LogP contribution in [0.4, 0.5) is 0 Å². The number of hydrogen-bond donors (Lipinski definition) is 1. The lowest BCUT2D eigenvalue weighted by Crippen LogP contribution is -2.11. The van der Waals surface area contributed by atoms with Crippen molar-refractivity contribution in [2.45, 2.75) is 4.90 Å². The van der Waals surface area contributed by atoms with Crippen LogP contribution in [0.2, 0.25) is 0 Å². The highest BCUT2D eigenvalue weighted by Gasteiger charge is 2.18. The third kappa shape index (κ3) is 3.71. The molecule has 10 heteroatoms. The van der Waals surface area contributed by atoms with E-state index in [1.165, 1.54) is 33.5 Å². The molecule has 0 bridgehead atoms. The largest absolute Gasteiger partial charge is 0.493 e. The highest BCUT2D eigenvalue weighted by molar-refractivity contribution is 7.89. The molecule has 0 spiro atoms. The number of nitrogens with zero attached hydrogens (tertiary/aromatic N) is 2. The summed E-state index contributed by atoms with van der Waals surface area (Å²) in [4.78, 5) is -0.0486. The number of hydrogen-bond acceptors (Lipinski definition) is 8. The van der Waals surface area contributed by atoms with E-state index in [2.05, 4.69) is 10.2 Å². The molecule has 0 unspecified atom stereocenters. The van der Waals surface area contributed by atoms with Gasteiger partial charge in [-0.1, -0.05) is 6.07 Å². The molecule has 3 rings (SSSR count). The minimum absolute atomic E-state index is 0.0486. The predicted octanol–water partition coefficient (Wildman–Crippen LogP) is 2.08. The van der Waals surface area contributed by atoms with Crippen molar-refractivity contribution in [2.75, 3.05) is 21.3 Å². The molecule has 0 radical (unpaired) electrons. The maximum absolute atomic E-state index is 11.5. The van der Waals surface area contributed by atoms with Crippen LogP contribution in [0.5, 0.6) is 17.2 Å². The van der Waals surface area contributed by atoms with E-state index < -0.39 is 10.0 Å². The van der Waals surface area contributed by atoms with E-state index in [1.807, 2.05) is 0 Å². The quantitative estimate of drug-likeness (QED) is 0.677. The van der Waals surface area contributed by atoms with Crippen LogP contribution in [0, 0.1) is 0 Å². The van der Waals surface area contributed by atoms with Crippen molar-refractivity contribution in [3.63, 3.8) is 0 Å². The molecule has 0 fully saturated rings. The minimum Gasteiger partial charge on any atom is -0.493 e. The van der Waals surface area contributed by atoms with Gasteiger partial charge in [0.1, 0.15) is 0 Å². The van der Waals surface area contributed by atoms with Crippen molar-refractivity contribution in [1.82, 2.24) is 10.2 Å². The zero-order valence-electron chi connectivity index (χ0n) is 14.8. The lowest BCUT2D eigenvalue weighted by atomic mass is 10.2. The summed E-state index contributed by atoms with van der Waals surface area (Å²) in [5, 5.41) is 13.1. The van der Waals surface area contributed by atoms with Crippen LogP contribution in [0.1, 0.15) is 0 Å². The molecule has 0 amide bonds. The van der Waals surface area contributed by atoms with Crippen molar-refractivity contribution in [1.29, 1.82) is 0 Å². The van der Waals surface area contributed by atoms with Gasteiger partial charge in [-0.05, 0) is 30.3 Å². The summed E-state index contributed by atoms with van der Waals surface area (Å²) in [6.07, 6.45) is 0. The van der Waals surface area contributed by atoms with E-state index in [1.54, 1.807) is 24.3 Å². The molecule has 3 aromatic rings. The SMILES string of the molecule is COc1cc(-c2nnc(-c3cccc(S(N)(=O)=O)c3)o2)cc(OC)c1OC. The molecule has 0 saturated heterocycles. The molecule has 142 valence electrons. The molecular formula is C17H17N3O6S. The molecule has 0 aliphatic heterocycles. The molecule has 2 aromatic carbocycles. The number of ether oxygens (including phenoxy) is 3. The lowest BCUT2D eigenvalue weighted by Gasteiger charge is -2.12. The highest BCUT2D eigenvalue weighted by Crippen LogP contribution is 2.41. The Hall–Kier alpha value is -3.11. The summed E-state index contributed by atoms with van der Waals surface area (Å²) in [5.74, 6) is 1.64. The fourth-order valence-electron chi connectivity index (χ4n) is 2.47. The number of rotatable bonds is 6. The highest BCUT2D eigenvalue weighted by atomic mass is 32.2. The number of benzene rings is 2. The Morgan fingerprint density at radius 2 is 1.48 bits per heavy atom. The van der Waals surface area contributed by atoms with Crippen LogP contribution in [0.15, 0.2) is 45.7 Å². The van der Waals surface area contributed by atoms with Gasteiger partial charge in [0, 0.05) is 11.1 Å². The van der Waals surface area contributed by atoms with E-state index in [0.29, 0.717) is 28.4 Å². The van der Waals surface area contributed by atoms with Crippen molar-refractivity contribution in [2.24, 2.45) is 5.14 Å². The van der Waals surface area contributed by atoms with E-state index in [-0.39, 0.29) is 16.7 Å². The van der Waals surface area contributed by atoms with Crippen molar-refractivity contribution in [3.05, 3.63) is 36.4 Å². The number of aromatic nitrogens is 2. The van der Waals surface area contributed by atoms with Crippen LogP contribution >= 0.6 is 0 Å². The summed E-state index contributed by atoms with van der Waals surface area (Å²) < 4.78 is 44.6. The second-order valence-corrected chi connectivity index (χ2v) is 6.96. The Morgan fingerprint density at radius 3 is 2.00 bits per heavy atom. The topological polar surface area (TPSA) is 127 Å². The van der Waals surface area contributed by atoms with Crippen molar-refractivity contribution in [3.8, 4) is 40.2 Å². The first kappa shape index (κ1) is 18.7. The second-order valence-electron chi connectivity index (χ2n) is 5.40. The number of sulfonamides is 1. The monoisotopic (exact) mass is 391 g/mol. The first-order valence-electron chi connectivity index (χ1n) is 7.64. The van der Waals surface area contributed by atoms with Crippen LogP contribution in [-0.2, 0) is 10.0 Å². The van der Waals surface area contributed by atoms with Gasteiger partial charge in [-0.2, -0.15) is 0 Å². The maximum Gasteiger partial charge on any atom is 0.248 e. The molecule has 2 N–H and O–H groups in total. The minimum atomic E-state index is -3.84. The first-order chi connectivity index (χ1) is 12.9. The van der Waals surface area contributed by atoms with Crippen LogP contribution in [0.25, 0.3) is 22.9 Å².